The molecule has 2 aliphatic heterocycles. The monoisotopic (exact) mass is 415 g/mol. The van der Waals surface area contributed by atoms with Crippen LogP contribution in [0.1, 0.15) is 16.8 Å². The number of nitrogens with zero attached hydrogens (tertiary/aromatic N) is 1. The van der Waals surface area contributed by atoms with Crippen molar-refractivity contribution >= 4 is 40.7 Å². The maximum absolute atomic E-state index is 12.8. The van der Waals surface area contributed by atoms with Gasteiger partial charge in [-0.25, -0.2) is 0 Å². The third-order valence-corrected chi connectivity index (χ3v) is 5.11. The Morgan fingerprint density at radius 2 is 1.93 bits per heavy atom. The number of hydrogen-bond acceptors (Lipinski definition) is 5. The van der Waals surface area contributed by atoms with Crippen molar-refractivity contribution in [3.8, 4) is 11.5 Å². The number of nitrogens with one attached hydrogen (secondary N) is 2. The topological polar surface area (TPSA) is 97.0 Å². The average Bonchev–Trinajstić information content (AvgIpc) is 3.33. The number of halogens is 1. The van der Waals surface area contributed by atoms with Crippen LogP contribution in [0.15, 0.2) is 36.4 Å². The van der Waals surface area contributed by atoms with E-state index in [2.05, 4.69) is 10.6 Å². The van der Waals surface area contributed by atoms with E-state index in [-0.39, 0.29) is 37.5 Å². The number of carbonyl (C=O) groups excluding carboxylic acids is 3. The molecule has 0 spiro atoms. The van der Waals surface area contributed by atoms with E-state index in [0.29, 0.717) is 33.5 Å². The molecule has 2 aromatic rings. The Labute approximate surface area is 171 Å². The summed E-state index contributed by atoms with van der Waals surface area (Å²) in [6.45, 7) is 0.366. The first-order valence-corrected chi connectivity index (χ1v) is 9.36. The van der Waals surface area contributed by atoms with E-state index in [1.165, 1.54) is 19.2 Å². The van der Waals surface area contributed by atoms with Gasteiger partial charge in [0.1, 0.15) is 0 Å². The van der Waals surface area contributed by atoms with E-state index in [9.17, 15) is 14.4 Å². The second kappa shape index (κ2) is 7.63. The van der Waals surface area contributed by atoms with Crippen LogP contribution in [0, 0.1) is 5.92 Å². The Kier molecular flexibility index (Phi) is 5.02. The fraction of sp³-hybridized carbons (Fsp3) is 0.250. The Bertz CT molecular complexity index is 1010. The molecule has 8 nitrogen and oxygen atoms in total. The van der Waals surface area contributed by atoms with E-state index >= 15 is 0 Å². The minimum Gasteiger partial charge on any atom is -0.454 e. The first-order chi connectivity index (χ1) is 14.0. The van der Waals surface area contributed by atoms with Crippen LogP contribution in [0.5, 0.6) is 11.5 Å². The van der Waals surface area contributed by atoms with E-state index in [1.54, 1.807) is 29.2 Å². The molecule has 2 N–H and O–H groups in total. The van der Waals surface area contributed by atoms with E-state index in [0.717, 1.165) is 0 Å². The molecule has 2 heterocycles. The van der Waals surface area contributed by atoms with Crippen molar-refractivity contribution in [3.63, 3.8) is 0 Å². The lowest BCUT2D eigenvalue weighted by Gasteiger charge is -2.17. The van der Waals surface area contributed by atoms with Gasteiger partial charge in [-0.3, -0.25) is 14.4 Å². The molecule has 0 saturated carbocycles. The molecule has 2 aromatic carbocycles. The number of amides is 3. The highest BCUT2D eigenvalue weighted by Gasteiger charge is 2.36. The largest absolute Gasteiger partial charge is 0.454 e. The summed E-state index contributed by atoms with van der Waals surface area (Å²) in [6.07, 6.45) is 0.0656. The second-order valence-electron chi connectivity index (χ2n) is 6.70. The molecular formula is C20H18ClN3O5. The Morgan fingerprint density at radius 3 is 2.72 bits per heavy atom. The molecule has 0 aliphatic carbocycles. The van der Waals surface area contributed by atoms with Gasteiger partial charge in [0.2, 0.25) is 18.6 Å². The zero-order valence-electron chi connectivity index (χ0n) is 15.5. The van der Waals surface area contributed by atoms with E-state index in [4.69, 9.17) is 21.1 Å². The van der Waals surface area contributed by atoms with Crippen LogP contribution in [0.3, 0.4) is 0 Å². The van der Waals surface area contributed by atoms with Crippen LogP contribution in [-0.2, 0) is 9.59 Å². The maximum atomic E-state index is 12.8. The van der Waals surface area contributed by atoms with E-state index < -0.39 is 5.92 Å². The van der Waals surface area contributed by atoms with Crippen LogP contribution in [0.2, 0.25) is 5.02 Å². The van der Waals surface area contributed by atoms with Crippen LogP contribution >= 0.6 is 11.6 Å². The molecule has 0 radical (unpaired) electrons. The first-order valence-electron chi connectivity index (χ1n) is 8.99. The van der Waals surface area contributed by atoms with Gasteiger partial charge >= 0.3 is 0 Å². The molecule has 9 heteroatoms. The van der Waals surface area contributed by atoms with Crippen molar-refractivity contribution in [2.24, 2.45) is 5.92 Å². The molecule has 1 fully saturated rings. The number of benzene rings is 2. The standard InChI is InChI=1S/C20H18ClN3O5/c1-22-20(27)14-4-2-12(21)7-15(14)23-19(26)11-6-18(25)24(9-11)13-3-5-16-17(8-13)29-10-28-16/h2-5,7-8,11H,6,9-10H2,1H3,(H,22,27)(H,23,26)/t11-/m0/s1. The molecule has 1 saturated heterocycles. The highest BCUT2D eigenvalue weighted by molar-refractivity contribution is 6.31. The predicted octanol–water partition coefficient (Wildman–Crippen LogP) is 2.42. The Balaban J connectivity index is 1.50. The van der Waals surface area contributed by atoms with Gasteiger partial charge in [0.25, 0.3) is 5.91 Å². The lowest BCUT2D eigenvalue weighted by Crippen LogP contribution is -2.29. The van der Waals surface area contributed by atoms with Crippen LogP contribution < -0.4 is 25.0 Å². The summed E-state index contributed by atoms with van der Waals surface area (Å²) in [5, 5.41) is 5.64. The highest BCUT2D eigenvalue weighted by atomic mass is 35.5. The number of hydrogen-bond donors (Lipinski definition) is 2. The van der Waals surface area contributed by atoms with Crippen molar-refractivity contribution in [2.75, 3.05) is 30.6 Å². The van der Waals surface area contributed by atoms with Crippen LogP contribution in [-0.4, -0.2) is 38.1 Å². The number of rotatable bonds is 4. The summed E-state index contributed by atoms with van der Waals surface area (Å²) in [6, 6.07) is 9.83. The molecule has 1 atom stereocenters. The van der Waals surface area contributed by atoms with E-state index in [1.807, 2.05) is 0 Å². The van der Waals surface area contributed by atoms with Gasteiger partial charge in [0, 0.05) is 36.8 Å². The second-order valence-corrected chi connectivity index (χ2v) is 7.14. The summed E-state index contributed by atoms with van der Waals surface area (Å²) in [4.78, 5) is 38.9. The summed E-state index contributed by atoms with van der Waals surface area (Å²) >= 11 is 6.01. The van der Waals surface area contributed by atoms with Crippen molar-refractivity contribution in [1.29, 1.82) is 0 Å². The van der Waals surface area contributed by atoms with Crippen LogP contribution in [0.4, 0.5) is 11.4 Å². The Morgan fingerprint density at radius 1 is 1.14 bits per heavy atom. The third kappa shape index (κ3) is 3.71. The summed E-state index contributed by atoms with van der Waals surface area (Å²) in [5.41, 5.74) is 1.24. The molecule has 0 aromatic heterocycles. The fourth-order valence-corrected chi connectivity index (χ4v) is 3.55. The number of carbonyl (C=O) groups is 3. The highest BCUT2D eigenvalue weighted by Crippen LogP contribution is 2.37. The summed E-state index contributed by atoms with van der Waals surface area (Å²) in [7, 11) is 1.50. The number of fused-ring (bicyclic) bond motifs is 1. The maximum Gasteiger partial charge on any atom is 0.253 e. The van der Waals surface area contributed by atoms with Gasteiger partial charge in [-0.15, -0.1) is 0 Å². The molecule has 29 heavy (non-hydrogen) atoms. The molecule has 0 bridgehead atoms. The molecule has 150 valence electrons. The molecule has 3 amide bonds. The molecule has 2 aliphatic rings. The SMILES string of the molecule is CNC(=O)c1ccc(Cl)cc1NC(=O)[C@H]1CC(=O)N(c2ccc3c(c2)OCO3)C1. The minimum absolute atomic E-state index is 0.0656. The first kappa shape index (κ1) is 19.1. The average molecular weight is 416 g/mol. The number of ether oxygens (including phenoxy) is 2. The molecule has 4 rings (SSSR count). The lowest BCUT2D eigenvalue weighted by atomic mass is 10.1. The van der Waals surface area contributed by atoms with Gasteiger partial charge in [-0.05, 0) is 30.3 Å². The molecule has 0 unspecified atom stereocenters. The quantitative estimate of drug-likeness (QED) is 0.799. The third-order valence-electron chi connectivity index (χ3n) is 4.87. The zero-order chi connectivity index (χ0) is 20.5. The van der Waals surface area contributed by atoms with Crippen molar-refractivity contribution < 1.29 is 23.9 Å². The van der Waals surface area contributed by atoms with Crippen molar-refractivity contribution in [3.05, 3.63) is 47.0 Å². The number of anilines is 2. The van der Waals surface area contributed by atoms with Gasteiger partial charge in [-0.1, -0.05) is 11.6 Å². The predicted molar refractivity (Wildman–Crippen MR) is 106 cm³/mol. The van der Waals surface area contributed by atoms with Crippen molar-refractivity contribution in [2.45, 2.75) is 6.42 Å². The summed E-state index contributed by atoms with van der Waals surface area (Å²) < 4.78 is 10.6. The lowest BCUT2D eigenvalue weighted by molar-refractivity contribution is -0.122. The van der Waals surface area contributed by atoms with Crippen molar-refractivity contribution in [1.82, 2.24) is 5.32 Å². The molecular weight excluding hydrogens is 398 g/mol. The minimum atomic E-state index is -0.565. The smallest absolute Gasteiger partial charge is 0.253 e. The van der Waals surface area contributed by atoms with Gasteiger partial charge in [-0.2, -0.15) is 0 Å². The fourth-order valence-electron chi connectivity index (χ4n) is 3.37. The van der Waals surface area contributed by atoms with Gasteiger partial charge in [0.15, 0.2) is 11.5 Å². The zero-order valence-corrected chi connectivity index (χ0v) is 16.3. The van der Waals surface area contributed by atoms with Gasteiger partial charge < -0.3 is 25.0 Å². The summed E-state index contributed by atoms with van der Waals surface area (Å²) in [5.74, 6) is -0.240. The normalized spacial score (nSPS) is 17.4. The van der Waals surface area contributed by atoms with Crippen LogP contribution in [0.25, 0.3) is 0 Å². The van der Waals surface area contributed by atoms with Gasteiger partial charge in [0.05, 0.1) is 17.2 Å². The Hall–Kier alpha value is -3.26.